The van der Waals surface area contributed by atoms with Crippen LogP contribution in [0.1, 0.15) is 13.8 Å². The highest BCUT2D eigenvalue weighted by Gasteiger charge is 2.18. The Morgan fingerprint density at radius 1 is 1.48 bits per heavy atom. The second kappa shape index (κ2) is 6.16. The molecule has 0 aliphatic rings. The van der Waals surface area contributed by atoms with Crippen molar-refractivity contribution in [2.45, 2.75) is 19.9 Å². The number of hydrogen-bond donors (Lipinski definition) is 2. The summed E-state index contributed by atoms with van der Waals surface area (Å²) in [7, 11) is 1.74. The fraction of sp³-hybridized carbons (Fsp3) is 0.417. The molecule has 0 spiro atoms. The first kappa shape index (κ1) is 14.7. The molecule has 2 heterocycles. The average molecular weight is 290 g/mol. The number of nitrogens with one attached hydrogen (secondary N) is 1. The van der Waals surface area contributed by atoms with E-state index >= 15 is 0 Å². The Kier molecular flexibility index (Phi) is 4.31. The number of carbonyl (C=O) groups excluding carboxylic acids is 1. The first-order valence-corrected chi connectivity index (χ1v) is 6.52. The smallest absolute Gasteiger partial charge is 0.244 e. The van der Waals surface area contributed by atoms with E-state index in [9.17, 15) is 4.79 Å². The summed E-state index contributed by atoms with van der Waals surface area (Å²) >= 11 is 0. The number of amides is 1. The van der Waals surface area contributed by atoms with Gasteiger partial charge >= 0.3 is 0 Å². The lowest BCUT2D eigenvalue weighted by atomic mass is 10.3. The molecule has 112 valence electrons. The van der Waals surface area contributed by atoms with Crippen LogP contribution in [0.2, 0.25) is 0 Å². The fourth-order valence-electron chi connectivity index (χ4n) is 1.68. The predicted molar refractivity (Wildman–Crippen MR) is 77.8 cm³/mol. The van der Waals surface area contributed by atoms with Crippen molar-refractivity contribution in [3.8, 4) is 5.95 Å². The Balaban J connectivity index is 2.19. The van der Waals surface area contributed by atoms with Crippen molar-refractivity contribution in [3.05, 3.63) is 18.7 Å². The summed E-state index contributed by atoms with van der Waals surface area (Å²) in [5.74, 6) is 0.600. The molecule has 0 aliphatic heterocycles. The molecular formula is C12H18N8O. The van der Waals surface area contributed by atoms with E-state index in [1.807, 2.05) is 6.92 Å². The Morgan fingerprint density at radius 3 is 2.86 bits per heavy atom. The number of carbonyl (C=O) groups is 1. The number of hydrogen-bond acceptors (Lipinski definition) is 7. The molecule has 0 aromatic carbocycles. The van der Waals surface area contributed by atoms with Gasteiger partial charge < -0.3 is 16.0 Å². The van der Waals surface area contributed by atoms with Gasteiger partial charge in [-0.1, -0.05) is 0 Å². The van der Waals surface area contributed by atoms with Crippen molar-refractivity contribution in [1.82, 2.24) is 29.4 Å². The van der Waals surface area contributed by atoms with E-state index < -0.39 is 6.04 Å². The van der Waals surface area contributed by atoms with E-state index in [0.29, 0.717) is 12.5 Å². The monoisotopic (exact) mass is 290 g/mol. The average Bonchev–Trinajstić information content (AvgIpc) is 2.99. The minimum atomic E-state index is -0.465. The lowest BCUT2D eigenvalue weighted by molar-refractivity contribution is -0.130. The van der Waals surface area contributed by atoms with Gasteiger partial charge in [0, 0.05) is 26.0 Å². The minimum absolute atomic E-state index is 0.0549. The van der Waals surface area contributed by atoms with Gasteiger partial charge in [0.1, 0.15) is 12.4 Å². The summed E-state index contributed by atoms with van der Waals surface area (Å²) in [4.78, 5) is 29.8. The van der Waals surface area contributed by atoms with Crippen molar-refractivity contribution in [1.29, 1.82) is 0 Å². The van der Waals surface area contributed by atoms with Crippen molar-refractivity contribution in [2.75, 3.05) is 24.6 Å². The molecule has 2 aromatic rings. The van der Waals surface area contributed by atoms with E-state index in [4.69, 9.17) is 5.73 Å². The number of likely N-dealkylation sites (N-methyl/N-ethyl adjacent to an activating group) is 1. The van der Waals surface area contributed by atoms with Crippen LogP contribution in [0.25, 0.3) is 5.95 Å². The molecule has 9 heteroatoms. The third-order valence-corrected chi connectivity index (χ3v) is 2.94. The van der Waals surface area contributed by atoms with Crippen LogP contribution in [0.15, 0.2) is 18.7 Å². The zero-order chi connectivity index (χ0) is 15.4. The molecule has 0 aliphatic carbocycles. The maximum Gasteiger partial charge on any atom is 0.244 e. The molecule has 2 rings (SSSR count). The SMILES string of the molecule is CCN(C)C(=O)C(C)Nc1nc(N)nc(-n2ccnc2)n1. The Hall–Kier alpha value is -2.71. The third kappa shape index (κ3) is 3.44. The highest BCUT2D eigenvalue weighted by Crippen LogP contribution is 2.08. The van der Waals surface area contributed by atoms with Crippen molar-refractivity contribution < 1.29 is 4.79 Å². The molecule has 2 aromatic heterocycles. The van der Waals surface area contributed by atoms with Gasteiger partial charge in [-0.05, 0) is 13.8 Å². The number of nitrogen functional groups attached to an aromatic ring is 1. The first-order valence-electron chi connectivity index (χ1n) is 6.52. The van der Waals surface area contributed by atoms with E-state index in [2.05, 4.69) is 25.3 Å². The predicted octanol–water partition coefficient (Wildman–Crippen LogP) is -0.0818. The normalized spacial score (nSPS) is 12.0. The zero-order valence-electron chi connectivity index (χ0n) is 12.2. The molecule has 3 N–H and O–H groups in total. The third-order valence-electron chi connectivity index (χ3n) is 2.94. The number of anilines is 2. The highest BCUT2D eigenvalue weighted by atomic mass is 16.2. The molecule has 1 amide bonds. The molecule has 0 bridgehead atoms. The van der Waals surface area contributed by atoms with Crippen LogP contribution in [0.3, 0.4) is 0 Å². The number of imidazole rings is 1. The van der Waals surface area contributed by atoms with Gasteiger partial charge in [0.05, 0.1) is 0 Å². The Bertz CT molecular complexity index is 612. The van der Waals surface area contributed by atoms with Crippen LogP contribution >= 0.6 is 0 Å². The van der Waals surface area contributed by atoms with Crippen LogP contribution in [-0.2, 0) is 4.79 Å². The van der Waals surface area contributed by atoms with Crippen LogP contribution in [0, 0.1) is 0 Å². The molecule has 9 nitrogen and oxygen atoms in total. The topological polar surface area (TPSA) is 115 Å². The highest BCUT2D eigenvalue weighted by molar-refractivity contribution is 5.83. The molecule has 0 radical (unpaired) electrons. The van der Waals surface area contributed by atoms with Gasteiger partial charge in [-0.2, -0.15) is 15.0 Å². The number of aromatic nitrogens is 5. The van der Waals surface area contributed by atoms with E-state index in [1.165, 1.54) is 0 Å². The maximum atomic E-state index is 12.0. The van der Waals surface area contributed by atoms with Crippen LogP contribution in [0.5, 0.6) is 0 Å². The van der Waals surface area contributed by atoms with Crippen molar-refractivity contribution in [2.24, 2.45) is 0 Å². The molecule has 0 fully saturated rings. The number of rotatable bonds is 5. The van der Waals surface area contributed by atoms with Crippen molar-refractivity contribution in [3.63, 3.8) is 0 Å². The van der Waals surface area contributed by atoms with E-state index in [1.54, 1.807) is 42.2 Å². The summed E-state index contributed by atoms with van der Waals surface area (Å²) in [6.07, 6.45) is 4.85. The van der Waals surface area contributed by atoms with E-state index in [0.717, 1.165) is 0 Å². The van der Waals surface area contributed by atoms with Gasteiger partial charge in [-0.15, -0.1) is 0 Å². The second-order valence-corrected chi connectivity index (χ2v) is 4.51. The molecule has 1 unspecified atom stereocenters. The fourth-order valence-corrected chi connectivity index (χ4v) is 1.68. The summed E-state index contributed by atoms with van der Waals surface area (Å²) in [6, 6.07) is -0.465. The van der Waals surface area contributed by atoms with Crippen LogP contribution in [0.4, 0.5) is 11.9 Å². The quantitative estimate of drug-likeness (QED) is 0.791. The molecule has 0 saturated carbocycles. The van der Waals surface area contributed by atoms with Gasteiger partial charge in [0.2, 0.25) is 23.8 Å². The van der Waals surface area contributed by atoms with Crippen molar-refractivity contribution >= 4 is 17.8 Å². The van der Waals surface area contributed by atoms with Crippen LogP contribution in [-0.4, -0.2) is 54.9 Å². The Morgan fingerprint density at radius 2 is 2.24 bits per heavy atom. The van der Waals surface area contributed by atoms with Gasteiger partial charge in [0.25, 0.3) is 0 Å². The number of nitrogens with two attached hydrogens (primary N) is 1. The molecular weight excluding hydrogens is 272 g/mol. The lowest BCUT2D eigenvalue weighted by Gasteiger charge is -2.20. The Labute approximate surface area is 122 Å². The lowest BCUT2D eigenvalue weighted by Crippen LogP contribution is -2.39. The second-order valence-electron chi connectivity index (χ2n) is 4.51. The largest absolute Gasteiger partial charge is 0.368 e. The standard InChI is InChI=1S/C12H18N8O/c1-4-19(3)9(21)8(2)15-11-16-10(13)17-12(18-11)20-6-5-14-7-20/h5-8H,4H2,1-3H3,(H3,13,15,16,17,18). The summed E-state index contributed by atoms with van der Waals surface area (Å²) in [5.41, 5.74) is 5.67. The number of nitrogens with zero attached hydrogens (tertiary/aromatic N) is 6. The molecule has 1 atom stereocenters. The zero-order valence-corrected chi connectivity index (χ0v) is 12.2. The first-order chi connectivity index (χ1) is 10.0. The van der Waals surface area contributed by atoms with Gasteiger partial charge in [-0.3, -0.25) is 9.36 Å². The summed E-state index contributed by atoms with van der Waals surface area (Å²) in [5, 5.41) is 2.93. The summed E-state index contributed by atoms with van der Waals surface area (Å²) < 4.78 is 1.61. The maximum absolute atomic E-state index is 12.0. The summed E-state index contributed by atoms with van der Waals surface area (Å²) in [6.45, 7) is 4.28. The van der Waals surface area contributed by atoms with Crippen LogP contribution < -0.4 is 11.1 Å². The van der Waals surface area contributed by atoms with Gasteiger partial charge in [-0.25, -0.2) is 4.98 Å². The van der Waals surface area contributed by atoms with Gasteiger partial charge in [0.15, 0.2) is 0 Å². The molecule has 21 heavy (non-hydrogen) atoms. The molecule has 0 saturated heterocycles. The minimum Gasteiger partial charge on any atom is -0.368 e. The van der Waals surface area contributed by atoms with E-state index in [-0.39, 0.29) is 17.8 Å².